The van der Waals surface area contributed by atoms with Gasteiger partial charge in [0.1, 0.15) is 5.82 Å². The highest BCUT2D eigenvalue weighted by Crippen LogP contribution is 2.10. The van der Waals surface area contributed by atoms with Crippen LogP contribution < -0.4 is 5.32 Å². The van der Waals surface area contributed by atoms with Gasteiger partial charge in [0, 0.05) is 18.8 Å². The molecular weight excluding hydrogens is 253 g/mol. The van der Waals surface area contributed by atoms with Crippen LogP contribution in [-0.4, -0.2) is 29.1 Å². The van der Waals surface area contributed by atoms with E-state index in [0.717, 1.165) is 17.9 Å². The molecule has 0 heterocycles. The summed E-state index contributed by atoms with van der Waals surface area (Å²) in [6.07, 6.45) is 5.11. The topological polar surface area (TPSA) is 49.3 Å². The van der Waals surface area contributed by atoms with Crippen molar-refractivity contribution in [1.82, 2.24) is 5.32 Å². The van der Waals surface area contributed by atoms with E-state index in [9.17, 15) is 9.18 Å². The molecule has 0 aliphatic heterocycles. The van der Waals surface area contributed by atoms with Gasteiger partial charge in [-0.25, -0.2) is 9.18 Å². The molecule has 0 saturated carbocycles. The van der Waals surface area contributed by atoms with Crippen LogP contribution >= 0.6 is 11.8 Å². The van der Waals surface area contributed by atoms with Gasteiger partial charge >= 0.3 is 5.97 Å². The van der Waals surface area contributed by atoms with Gasteiger partial charge in [0.25, 0.3) is 0 Å². The molecule has 2 N–H and O–H groups in total. The standard InChI is InChI=1S/C13H14FNO2S/c1-2-6-18-7-5-15-9-10-3-4-11(13(16)17)12(14)8-10/h1,3-4,8,15H,5-7,9H2,(H,16,17). The molecule has 0 aliphatic rings. The maximum Gasteiger partial charge on any atom is 0.338 e. The minimum atomic E-state index is -1.25. The monoisotopic (exact) mass is 267 g/mol. The number of carbonyl (C=O) groups is 1. The normalized spacial score (nSPS) is 10.0. The molecule has 18 heavy (non-hydrogen) atoms. The highest BCUT2D eigenvalue weighted by Gasteiger charge is 2.09. The molecule has 0 amide bonds. The smallest absolute Gasteiger partial charge is 0.338 e. The fraction of sp³-hybridized carbons (Fsp3) is 0.308. The molecule has 0 bridgehead atoms. The number of rotatable bonds is 7. The van der Waals surface area contributed by atoms with E-state index >= 15 is 0 Å². The molecule has 0 fully saturated rings. The third-order valence-corrected chi connectivity index (χ3v) is 3.07. The number of nitrogens with one attached hydrogen (secondary N) is 1. The Morgan fingerprint density at radius 3 is 2.94 bits per heavy atom. The zero-order chi connectivity index (χ0) is 13.4. The van der Waals surface area contributed by atoms with E-state index in [-0.39, 0.29) is 5.56 Å². The predicted octanol–water partition coefficient (Wildman–Crippen LogP) is 1.98. The van der Waals surface area contributed by atoms with Crippen LogP contribution in [-0.2, 0) is 6.54 Å². The van der Waals surface area contributed by atoms with Crippen LogP contribution in [0.15, 0.2) is 18.2 Å². The summed E-state index contributed by atoms with van der Waals surface area (Å²) in [5, 5.41) is 11.8. The Balaban J connectivity index is 2.38. The summed E-state index contributed by atoms with van der Waals surface area (Å²) in [6, 6.07) is 4.13. The molecule has 0 radical (unpaired) electrons. The molecule has 96 valence electrons. The predicted molar refractivity (Wildman–Crippen MR) is 71.2 cm³/mol. The molecular formula is C13H14FNO2S. The number of hydrogen-bond acceptors (Lipinski definition) is 3. The SMILES string of the molecule is C#CCSCCNCc1ccc(C(=O)O)c(F)c1. The van der Waals surface area contributed by atoms with Crippen molar-refractivity contribution in [3.63, 3.8) is 0 Å². The van der Waals surface area contributed by atoms with Crippen molar-refractivity contribution in [2.45, 2.75) is 6.54 Å². The largest absolute Gasteiger partial charge is 0.478 e. The first-order valence-electron chi connectivity index (χ1n) is 5.38. The van der Waals surface area contributed by atoms with Gasteiger partial charge in [-0.1, -0.05) is 12.0 Å². The number of halogens is 1. The Labute approximate surface area is 110 Å². The van der Waals surface area contributed by atoms with Gasteiger partial charge in [-0.3, -0.25) is 0 Å². The van der Waals surface area contributed by atoms with Crippen molar-refractivity contribution in [2.24, 2.45) is 0 Å². The Morgan fingerprint density at radius 2 is 2.33 bits per heavy atom. The highest BCUT2D eigenvalue weighted by atomic mass is 32.2. The summed E-state index contributed by atoms with van der Waals surface area (Å²) in [6.45, 7) is 1.28. The fourth-order valence-corrected chi connectivity index (χ4v) is 1.90. The molecule has 0 atom stereocenters. The first-order valence-corrected chi connectivity index (χ1v) is 6.54. The molecule has 0 saturated heterocycles. The number of terminal acetylenes is 1. The number of thioether (sulfide) groups is 1. The Morgan fingerprint density at radius 1 is 1.56 bits per heavy atom. The van der Waals surface area contributed by atoms with Crippen molar-refractivity contribution in [3.8, 4) is 12.3 Å². The zero-order valence-electron chi connectivity index (χ0n) is 9.78. The van der Waals surface area contributed by atoms with Gasteiger partial charge in [-0.2, -0.15) is 0 Å². The average molecular weight is 267 g/mol. The lowest BCUT2D eigenvalue weighted by Crippen LogP contribution is -2.17. The molecule has 3 nitrogen and oxygen atoms in total. The van der Waals surface area contributed by atoms with Gasteiger partial charge in [-0.05, 0) is 17.7 Å². The summed E-state index contributed by atoms with van der Waals surface area (Å²) in [5.41, 5.74) is 0.419. The lowest BCUT2D eigenvalue weighted by atomic mass is 10.1. The van der Waals surface area contributed by atoms with Crippen LogP contribution in [0.25, 0.3) is 0 Å². The Kier molecular flexibility index (Phi) is 6.26. The van der Waals surface area contributed by atoms with Crippen LogP contribution in [0.3, 0.4) is 0 Å². The van der Waals surface area contributed by atoms with Crippen LogP contribution in [0.2, 0.25) is 0 Å². The summed E-state index contributed by atoms with van der Waals surface area (Å²) >= 11 is 1.65. The number of benzene rings is 1. The quantitative estimate of drug-likeness (QED) is 0.586. The van der Waals surface area contributed by atoms with E-state index in [2.05, 4.69) is 11.2 Å². The molecule has 0 spiro atoms. The summed E-state index contributed by atoms with van der Waals surface area (Å²) in [5.74, 6) is 2.15. The number of carboxylic acid groups (broad SMARTS) is 1. The Hall–Kier alpha value is -1.51. The van der Waals surface area contributed by atoms with Gasteiger partial charge in [0.15, 0.2) is 0 Å². The zero-order valence-corrected chi connectivity index (χ0v) is 10.6. The summed E-state index contributed by atoms with van der Waals surface area (Å²) in [4.78, 5) is 10.6. The third-order valence-electron chi connectivity index (χ3n) is 2.20. The molecule has 1 aromatic carbocycles. The first kappa shape index (κ1) is 14.6. The van der Waals surface area contributed by atoms with E-state index in [1.54, 1.807) is 17.8 Å². The summed E-state index contributed by atoms with van der Waals surface area (Å²) < 4.78 is 13.3. The van der Waals surface area contributed by atoms with Gasteiger partial charge in [0.2, 0.25) is 0 Å². The van der Waals surface area contributed by atoms with Gasteiger partial charge < -0.3 is 10.4 Å². The third kappa shape index (κ3) is 4.78. The molecule has 5 heteroatoms. The first-order chi connectivity index (χ1) is 8.65. The van der Waals surface area contributed by atoms with E-state index in [4.69, 9.17) is 11.5 Å². The lowest BCUT2D eigenvalue weighted by molar-refractivity contribution is 0.0692. The van der Waals surface area contributed by atoms with Crippen molar-refractivity contribution in [2.75, 3.05) is 18.1 Å². The molecule has 1 rings (SSSR count). The van der Waals surface area contributed by atoms with Crippen LogP contribution in [0.4, 0.5) is 4.39 Å². The second-order valence-corrected chi connectivity index (χ2v) is 4.66. The maximum absolute atomic E-state index is 13.3. The van der Waals surface area contributed by atoms with Crippen molar-refractivity contribution in [1.29, 1.82) is 0 Å². The van der Waals surface area contributed by atoms with Gasteiger partial charge in [-0.15, -0.1) is 18.2 Å². The van der Waals surface area contributed by atoms with E-state index in [0.29, 0.717) is 12.3 Å². The van der Waals surface area contributed by atoms with Crippen LogP contribution in [0.5, 0.6) is 0 Å². The number of hydrogen-bond donors (Lipinski definition) is 2. The highest BCUT2D eigenvalue weighted by molar-refractivity contribution is 7.99. The average Bonchev–Trinajstić information content (AvgIpc) is 2.33. The minimum Gasteiger partial charge on any atom is -0.478 e. The summed E-state index contributed by atoms with van der Waals surface area (Å²) in [7, 11) is 0. The van der Waals surface area contributed by atoms with Crippen LogP contribution in [0.1, 0.15) is 15.9 Å². The van der Waals surface area contributed by atoms with E-state index in [1.165, 1.54) is 12.1 Å². The Bertz CT molecular complexity index is 457. The maximum atomic E-state index is 13.3. The molecule has 0 unspecified atom stereocenters. The minimum absolute atomic E-state index is 0.302. The van der Waals surface area contributed by atoms with Crippen molar-refractivity contribution < 1.29 is 14.3 Å². The second kappa shape index (κ2) is 7.75. The molecule has 0 aromatic heterocycles. The van der Waals surface area contributed by atoms with Crippen LogP contribution in [0, 0.1) is 18.2 Å². The van der Waals surface area contributed by atoms with E-state index < -0.39 is 11.8 Å². The molecule has 0 aliphatic carbocycles. The van der Waals surface area contributed by atoms with Crippen molar-refractivity contribution >= 4 is 17.7 Å². The van der Waals surface area contributed by atoms with Gasteiger partial charge in [0.05, 0.1) is 11.3 Å². The van der Waals surface area contributed by atoms with Crippen molar-refractivity contribution in [3.05, 3.63) is 35.1 Å². The lowest BCUT2D eigenvalue weighted by Gasteiger charge is -2.05. The van der Waals surface area contributed by atoms with E-state index in [1.807, 2.05) is 0 Å². The number of aromatic carboxylic acids is 1. The molecule has 1 aromatic rings. The fourth-order valence-electron chi connectivity index (χ4n) is 1.35. The number of carboxylic acids is 1. The second-order valence-electron chi connectivity index (χ2n) is 3.55.